The van der Waals surface area contributed by atoms with Crippen molar-refractivity contribution in [3.63, 3.8) is 0 Å². The molecule has 0 fully saturated rings. The zero-order valence-corrected chi connectivity index (χ0v) is 25.0. The normalized spacial score (nSPS) is 11.3. The maximum absolute atomic E-state index is 14.2. The lowest BCUT2D eigenvalue weighted by Crippen LogP contribution is -2.35. The highest BCUT2D eigenvalue weighted by molar-refractivity contribution is 7.80. The van der Waals surface area contributed by atoms with Crippen molar-refractivity contribution >= 4 is 17.2 Å². The van der Waals surface area contributed by atoms with E-state index in [0.29, 0.717) is 42.0 Å². The van der Waals surface area contributed by atoms with Gasteiger partial charge in [0.1, 0.15) is 11.6 Å². The van der Waals surface area contributed by atoms with Gasteiger partial charge in [0, 0.05) is 43.3 Å². The van der Waals surface area contributed by atoms with Gasteiger partial charge in [0.15, 0.2) is 5.82 Å². The fourth-order valence-electron chi connectivity index (χ4n) is 4.86. The lowest BCUT2D eigenvalue weighted by molar-refractivity contribution is 0.388. The standard InChI is InChI=1S/C31H36FN5O3S/c1-6-7-8-27-33-20(4)25(16-28(41)36(5)17-19(2)3)30(38)37(27)18-21-9-11-22(12-10-21)26-15-23(32)13-14-24(26)29-34-31(39)40-35-29/h9-15,19H,6-8,16-18H2,1-5H3,(H,34,35,39). The van der Waals surface area contributed by atoms with E-state index in [1.807, 2.05) is 43.1 Å². The van der Waals surface area contributed by atoms with Gasteiger partial charge in [-0.1, -0.05) is 68.8 Å². The van der Waals surface area contributed by atoms with Crippen molar-refractivity contribution in [3.8, 4) is 22.5 Å². The minimum absolute atomic E-state index is 0.0737. The number of hydrogen-bond donors (Lipinski definition) is 1. The summed E-state index contributed by atoms with van der Waals surface area (Å²) in [5, 5.41) is 3.76. The molecule has 0 aliphatic carbocycles. The number of rotatable bonds is 11. The first-order valence-corrected chi connectivity index (χ1v) is 14.3. The molecule has 8 nitrogen and oxygen atoms in total. The third-order valence-corrected chi connectivity index (χ3v) is 7.43. The van der Waals surface area contributed by atoms with Gasteiger partial charge in [-0.3, -0.25) is 18.9 Å². The summed E-state index contributed by atoms with van der Waals surface area (Å²) in [5.74, 6) is 0.326. The number of benzene rings is 2. The van der Waals surface area contributed by atoms with E-state index in [-0.39, 0.29) is 11.4 Å². The smallest absolute Gasteiger partial charge is 0.369 e. The number of thiocarbonyl (C=S) groups is 1. The van der Waals surface area contributed by atoms with Crippen LogP contribution in [0.2, 0.25) is 0 Å². The molecule has 41 heavy (non-hydrogen) atoms. The van der Waals surface area contributed by atoms with Crippen LogP contribution in [0, 0.1) is 18.7 Å². The van der Waals surface area contributed by atoms with Gasteiger partial charge < -0.3 is 4.90 Å². The second-order valence-corrected chi connectivity index (χ2v) is 11.2. The summed E-state index contributed by atoms with van der Waals surface area (Å²) in [7, 11) is 1.96. The Bertz CT molecular complexity index is 1640. The molecule has 1 N–H and O–H groups in total. The van der Waals surface area contributed by atoms with E-state index in [2.05, 4.69) is 35.4 Å². The summed E-state index contributed by atoms with van der Waals surface area (Å²) in [4.78, 5) is 35.5. The monoisotopic (exact) mass is 577 g/mol. The molecule has 0 unspecified atom stereocenters. The van der Waals surface area contributed by atoms with Crippen molar-refractivity contribution < 1.29 is 8.91 Å². The molecule has 0 amide bonds. The van der Waals surface area contributed by atoms with E-state index < -0.39 is 11.6 Å². The van der Waals surface area contributed by atoms with Crippen LogP contribution in [0.3, 0.4) is 0 Å². The van der Waals surface area contributed by atoms with E-state index in [1.54, 1.807) is 10.6 Å². The van der Waals surface area contributed by atoms with Crippen LogP contribution in [0.4, 0.5) is 4.39 Å². The zero-order chi connectivity index (χ0) is 29.7. The lowest BCUT2D eigenvalue weighted by atomic mass is 9.98. The molecule has 0 saturated carbocycles. The number of aryl methyl sites for hydroxylation is 2. The first-order chi connectivity index (χ1) is 19.6. The fraction of sp³-hybridized carbons (Fsp3) is 0.387. The lowest BCUT2D eigenvalue weighted by Gasteiger charge is -2.23. The summed E-state index contributed by atoms with van der Waals surface area (Å²) >= 11 is 5.68. The van der Waals surface area contributed by atoms with Crippen LogP contribution in [0.25, 0.3) is 22.5 Å². The quantitative estimate of drug-likeness (QED) is 0.234. The van der Waals surface area contributed by atoms with Crippen molar-refractivity contribution in [2.24, 2.45) is 5.92 Å². The number of hydrogen-bond acceptors (Lipinski definition) is 6. The molecule has 10 heteroatoms. The van der Waals surface area contributed by atoms with E-state index in [9.17, 15) is 14.0 Å². The van der Waals surface area contributed by atoms with E-state index in [1.165, 1.54) is 12.1 Å². The minimum atomic E-state index is -0.687. The molecule has 2 aromatic carbocycles. The van der Waals surface area contributed by atoms with Crippen LogP contribution < -0.4 is 11.3 Å². The number of likely N-dealkylation sites (N-methyl/N-ethyl adjacent to an activating group) is 1. The zero-order valence-electron chi connectivity index (χ0n) is 24.2. The molecular formula is C31H36FN5O3S. The molecule has 2 heterocycles. The van der Waals surface area contributed by atoms with Gasteiger partial charge in [-0.25, -0.2) is 14.2 Å². The predicted octanol–water partition coefficient (Wildman–Crippen LogP) is 5.55. The van der Waals surface area contributed by atoms with Crippen molar-refractivity contribution in [1.82, 2.24) is 24.6 Å². The molecule has 4 rings (SSSR count). The van der Waals surface area contributed by atoms with Crippen molar-refractivity contribution in [3.05, 3.63) is 91.8 Å². The van der Waals surface area contributed by atoms with Gasteiger partial charge in [0.2, 0.25) is 0 Å². The minimum Gasteiger partial charge on any atom is -0.369 e. The SMILES string of the molecule is CCCCc1nc(C)c(CC(=S)N(C)CC(C)C)c(=O)n1Cc1ccc(-c2cc(F)ccc2-c2noc(=O)[nH]2)cc1. The topological polar surface area (TPSA) is 97.0 Å². The van der Waals surface area contributed by atoms with Gasteiger partial charge >= 0.3 is 5.76 Å². The Labute approximate surface area is 244 Å². The van der Waals surface area contributed by atoms with Crippen LogP contribution in [0.15, 0.2) is 56.6 Å². The fourth-order valence-corrected chi connectivity index (χ4v) is 5.08. The first kappa shape index (κ1) is 30.0. The van der Waals surface area contributed by atoms with Gasteiger partial charge in [-0.15, -0.1) is 0 Å². The molecule has 0 aliphatic heterocycles. The molecule has 0 bridgehead atoms. The molecule has 0 radical (unpaired) electrons. The van der Waals surface area contributed by atoms with E-state index >= 15 is 0 Å². The van der Waals surface area contributed by atoms with Gasteiger partial charge in [0.05, 0.1) is 11.5 Å². The number of halogens is 1. The second-order valence-electron chi connectivity index (χ2n) is 10.8. The average Bonchev–Trinajstić information content (AvgIpc) is 3.37. The highest BCUT2D eigenvalue weighted by atomic mass is 32.1. The molecule has 2 aromatic heterocycles. The van der Waals surface area contributed by atoms with Crippen LogP contribution in [0.1, 0.15) is 56.3 Å². The van der Waals surface area contributed by atoms with Crippen molar-refractivity contribution in [2.75, 3.05) is 13.6 Å². The molecule has 0 saturated heterocycles. The number of nitrogens with zero attached hydrogens (tertiary/aromatic N) is 4. The second kappa shape index (κ2) is 13.2. The van der Waals surface area contributed by atoms with Crippen molar-refractivity contribution in [2.45, 2.75) is 59.9 Å². The number of H-pyrrole nitrogens is 1. The first-order valence-electron chi connectivity index (χ1n) is 13.9. The third kappa shape index (κ3) is 7.24. The largest absolute Gasteiger partial charge is 0.439 e. The number of aromatic nitrogens is 4. The van der Waals surface area contributed by atoms with Crippen LogP contribution >= 0.6 is 12.2 Å². The molecular weight excluding hydrogens is 541 g/mol. The Kier molecular flexibility index (Phi) is 9.65. The molecule has 0 spiro atoms. The predicted molar refractivity (Wildman–Crippen MR) is 163 cm³/mol. The molecule has 0 aliphatic rings. The van der Waals surface area contributed by atoms with Crippen LogP contribution in [-0.2, 0) is 19.4 Å². The number of aromatic amines is 1. The Balaban J connectivity index is 1.67. The highest BCUT2D eigenvalue weighted by Crippen LogP contribution is 2.31. The summed E-state index contributed by atoms with van der Waals surface area (Å²) in [6, 6.07) is 11.8. The van der Waals surface area contributed by atoms with Crippen molar-refractivity contribution in [1.29, 1.82) is 0 Å². The van der Waals surface area contributed by atoms with E-state index in [0.717, 1.165) is 47.0 Å². The van der Waals surface area contributed by atoms with E-state index in [4.69, 9.17) is 17.2 Å². The average molecular weight is 578 g/mol. The Hall–Kier alpha value is -3.92. The van der Waals surface area contributed by atoms with Gasteiger partial charge in [-0.2, -0.15) is 0 Å². The summed E-state index contributed by atoms with van der Waals surface area (Å²) in [6.45, 7) is 9.43. The summed E-state index contributed by atoms with van der Waals surface area (Å²) < 4.78 is 20.6. The molecule has 216 valence electrons. The maximum Gasteiger partial charge on any atom is 0.439 e. The third-order valence-electron chi connectivity index (χ3n) is 6.98. The van der Waals surface area contributed by atoms with Crippen LogP contribution in [-0.4, -0.2) is 43.2 Å². The number of nitrogens with one attached hydrogen (secondary N) is 1. The Morgan fingerprint density at radius 2 is 1.88 bits per heavy atom. The Morgan fingerprint density at radius 3 is 2.51 bits per heavy atom. The van der Waals surface area contributed by atoms with Gasteiger partial charge in [0.25, 0.3) is 5.56 Å². The number of unbranched alkanes of at least 4 members (excludes halogenated alkanes) is 1. The molecule has 4 aromatic rings. The van der Waals surface area contributed by atoms with Crippen LogP contribution in [0.5, 0.6) is 0 Å². The summed E-state index contributed by atoms with van der Waals surface area (Å²) in [5.41, 5.74) is 3.99. The summed E-state index contributed by atoms with van der Waals surface area (Å²) in [6.07, 6.45) is 2.98. The molecule has 0 atom stereocenters. The Morgan fingerprint density at radius 1 is 1.15 bits per heavy atom. The highest BCUT2D eigenvalue weighted by Gasteiger charge is 2.18. The van der Waals surface area contributed by atoms with Gasteiger partial charge in [-0.05, 0) is 54.2 Å². The maximum atomic E-state index is 14.2.